The number of oxime groups is 1. The SMILES string of the molecule is C=C[C@]12[C@@H](O)C[C@@]3(C)[C@@H](C[C@H]4OC(C)(C)O[C@]43C(=O)CO)[C@@H]1CCC1=C/C(=N/OCCc3ccc(Br)s3)C=C[C@@]12C. The number of thiophene rings is 1. The predicted molar refractivity (Wildman–Crippen MR) is 161 cm³/mol. The molecule has 0 unspecified atom stereocenters. The van der Waals surface area contributed by atoms with E-state index in [-0.39, 0.29) is 17.6 Å². The van der Waals surface area contributed by atoms with E-state index < -0.39 is 46.4 Å². The van der Waals surface area contributed by atoms with Gasteiger partial charge in [0.15, 0.2) is 17.2 Å². The zero-order valence-electron chi connectivity index (χ0n) is 24.2. The maximum absolute atomic E-state index is 13.5. The number of aliphatic hydroxyl groups excluding tert-OH is 2. The van der Waals surface area contributed by atoms with Gasteiger partial charge in [0, 0.05) is 27.5 Å². The quantitative estimate of drug-likeness (QED) is 0.223. The highest BCUT2D eigenvalue weighted by Gasteiger charge is 2.78. The molecule has 0 amide bonds. The maximum atomic E-state index is 13.5. The molecule has 222 valence electrons. The van der Waals surface area contributed by atoms with Gasteiger partial charge in [-0.2, -0.15) is 0 Å². The number of carbonyl (C=O) groups is 1. The fourth-order valence-electron chi connectivity index (χ4n) is 9.38. The molecule has 2 N–H and O–H groups in total. The van der Waals surface area contributed by atoms with Crippen LogP contribution < -0.4 is 0 Å². The molecular weight excluding hydrogens is 606 g/mol. The molecule has 7 nitrogen and oxygen atoms in total. The van der Waals surface area contributed by atoms with Gasteiger partial charge in [-0.15, -0.1) is 17.9 Å². The number of ketones is 1. The topological polar surface area (TPSA) is 97.6 Å². The van der Waals surface area contributed by atoms with Gasteiger partial charge in [-0.25, -0.2) is 0 Å². The van der Waals surface area contributed by atoms with Crippen molar-refractivity contribution in [3.63, 3.8) is 0 Å². The van der Waals surface area contributed by atoms with E-state index in [1.54, 1.807) is 11.3 Å². The highest BCUT2D eigenvalue weighted by Crippen LogP contribution is 2.74. The standard InChI is InChI=1S/C32H40BrNO6S/c1-6-31-22(23-16-26-32(25(37)18-35,40-28(2,3)39-26)30(23,5)17-24(31)36)9-7-19-15-20(11-13-29(19,31)4)34-38-14-12-21-8-10-27(33)41-21/h6,8,10-11,13,15,22-24,26,35-36H,1,7,9,12,14,16-18H2,2-5H3/b34-20+/t22-,23-,24-,26+,29-,30-,31+,32+/m0/s1. The van der Waals surface area contributed by atoms with Crippen molar-refractivity contribution in [1.82, 2.24) is 0 Å². The van der Waals surface area contributed by atoms with Gasteiger partial charge < -0.3 is 24.5 Å². The zero-order valence-corrected chi connectivity index (χ0v) is 26.6. The van der Waals surface area contributed by atoms with Crippen molar-refractivity contribution in [3.05, 3.63) is 57.3 Å². The Labute approximate surface area is 254 Å². The van der Waals surface area contributed by atoms with Crippen LogP contribution >= 0.6 is 27.3 Å². The van der Waals surface area contributed by atoms with Gasteiger partial charge in [0.1, 0.15) is 18.9 Å². The van der Waals surface area contributed by atoms with Crippen LogP contribution in [0.5, 0.6) is 0 Å². The minimum Gasteiger partial charge on any atom is -0.395 e. The number of rotatable bonds is 7. The van der Waals surface area contributed by atoms with Crippen molar-refractivity contribution < 1.29 is 29.3 Å². The molecule has 41 heavy (non-hydrogen) atoms. The second kappa shape index (κ2) is 9.96. The van der Waals surface area contributed by atoms with Crippen LogP contribution in [0.15, 0.2) is 57.5 Å². The Hall–Kier alpha value is -1.62. The molecule has 1 aromatic rings. The lowest BCUT2D eigenvalue weighted by atomic mass is 9.39. The molecule has 5 aliphatic rings. The predicted octanol–water partition coefficient (Wildman–Crippen LogP) is 5.75. The third-order valence-electron chi connectivity index (χ3n) is 11.0. The van der Waals surface area contributed by atoms with Gasteiger partial charge >= 0.3 is 0 Å². The smallest absolute Gasteiger partial charge is 0.193 e. The number of fused-ring (bicyclic) bond motifs is 7. The highest BCUT2D eigenvalue weighted by molar-refractivity contribution is 9.11. The minimum absolute atomic E-state index is 0.0444. The normalized spacial score (nSPS) is 43.1. The fourth-order valence-corrected chi connectivity index (χ4v) is 10.8. The second-order valence-electron chi connectivity index (χ2n) is 13.2. The summed E-state index contributed by atoms with van der Waals surface area (Å²) in [5.41, 5.74) is -1.14. The van der Waals surface area contributed by atoms with Crippen LogP contribution in [-0.2, 0) is 25.5 Å². The summed E-state index contributed by atoms with van der Waals surface area (Å²) in [5, 5.41) is 26.7. The van der Waals surface area contributed by atoms with Gasteiger partial charge in [-0.05, 0) is 91.6 Å². The summed E-state index contributed by atoms with van der Waals surface area (Å²) in [4.78, 5) is 20.4. The van der Waals surface area contributed by atoms with Gasteiger partial charge in [0.05, 0.1) is 16.0 Å². The van der Waals surface area contributed by atoms with Crippen molar-refractivity contribution in [2.45, 2.75) is 83.4 Å². The van der Waals surface area contributed by atoms with E-state index in [0.717, 1.165) is 28.8 Å². The van der Waals surface area contributed by atoms with Gasteiger partial charge in [0.25, 0.3) is 0 Å². The summed E-state index contributed by atoms with van der Waals surface area (Å²) in [6, 6.07) is 4.13. The first kappa shape index (κ1) is 29.5. The monoisotopic (exact) mass is 645 g/mol. The molecule has 1 aromatic heterocycles. The molecule has 4 aliphatic carbocycles. The van der Waals surface area contributed by atoms with Crippen LogP contribution in [0.4, 0.5) is 0 Å². The number of hydrogen-bond acceptors (Lipinski definition) is 8. The average molecular weight is 647 g/mol. The van der Waals surface area contributed by atoms with Crippen LogP contribution in [0.3, 0.4) is 0 Å². The van der Waals surface area contributed by atoms with Crippen LogP contribution in [0, 0.1) is 28.1 Å². The molecule has 1 aliphatic heterocycles. The molecule has 0 aromatic carbocycles. The van der Waals surface area contributed by atoms with E-state index >= 15 is 0 Å². The number of carbonyl (C=O) groups excluding carboxylic acids is 1. The molecule has 8 atom stereocenters. The lowest BCUT2D eigenvalue weighted by molar-refractivity contribution is -0.235. The maximum Gasteiger partial charge on any atom is 0.193 e. The minimum atomic E-state index is -1.29. The first-order valence-corrected chi connectivity index (χ1v) is 16.2. The number of nitrogens with zero attached hydrogens (tertiary/aromatic N) is 1. The van der Waals surface area contributed by atoms with Crippen molar-refractivity contribution in [2.75, 3.05) is 13.2 Å². The number of allylic oxidation sites excluding steroid dienone is 4. The third kappa shape index (κ3) is 4.02. The van der Waals surface area contributed by atoms with Crippen LogP contribution in [0.2, 0.25) is 0 Å². The van der Waals surface area contributed by atoms with Crippen LogP contribution in [-0.4, -0.2) is 58.5 Å². The zero-order chi connectivity index (χ0) is 29.4. The molecule has 0 bridgehead atoms. The summed E-state index contributed by atoms with van der Waals surface area (Å²) in [5.74, 6) is -1.21. The summed E-state index contributed by atoms with van der Waals surface area (Å²) < 4.78 is 13.9. The Morgan fingerprint density at radius 3 is 2.76 bits per heavy atom. The van der Waals surface area contributed by atoms with Crippen molar-refractivity contribution in [2.24, 2.45) is 33.2 Å². The number of ether oxygens (including phenoxy) is 2. The third-order valence-corrected chi connectivity index (χ3v) is 12.7. The number of aliphatic hydroxyl groups is 2. The Balaban J connectivity index is 1.30. The molecular formula is C32H40BrNO6S. The second-order valence-corrected chi connectivity index (χ2v) is 15.7. The Morgan fingerprint density at radius 2 is 2.07 bits per heavy atom. The average Bonchev–Trinajstić information content (AvgIpc) is 3.53. The van der Waals surface area contributed by atoms with E-state index in [0.29, 0.717) is 19.4 Å². The molecule has 0 radical (unpaired) electrons. The largest absolute Gasteiger partial charge is 0.395 e. The van der Waals surface area contributed by atoms with Crippen molar-refractivity contribution in [3.8, 4) is 0 Å². The highest BCUT2D eigenvalue weighted by atomic mass is 79.9. The Bertz CT molecular complexity index is 1350. The first-order valence-electron chi connectivity index (χ1n) is 14.5. The molecule has 0 spiro atoms. The molecule has 3 saturated carbocycles. The van der Waals surface area contributed by atoms with E-state index in [2.05, 4.69) is 59.7 Å². The molecule has 9 heteroatoms. The number of Topliss-reactive ketones (excluding diaryl/α,β-unsaturated/α-hetero) is 1. The van der Waals surface area contributed by atoms with E-state index in [4.69, 9.17) is 14.3 Å². The Morgan fingerprint density at radius 1 is 1.29 bits per heavy atom. The Kier molecular flexibility index (Phi) is 7.15. The van der Waals surface area contributed by atoms with Crippen LogP contribution in [0.25, 0.3) is 0 Å². The van der Waals surface area contributed by atoms with Crippen molar-refractivity contribution in [1.29, 1.82) is 0 Å². The first-order chi connectivity index (χ1) is 19.4. The van der Waals surface area contributed by atoms with E-state index in [1.807, 2.05) is 32.1 Å². The molecule has 2 heterocycles. The summed E-state index contributed by atoms with van der Waals surface area (Å²) in [6.07, 6.45) is 10.4. The fraction of sp³-hybridized carbons (Fsp3) is 0.625. The lowest BCUT2D eigenvalue weighted by Crippen LogP contribution is -2.67. The van der Waals surface area contributed by atoms with Crippen LogP contribution in [0.1, 0.15) is 58.3 Å². The van der Waals surface area contributed by atoms with E-state index in [1.165, 1.54) is 10.5 Å². The number of halogens is 1. The summed E-state index contributed by atoms with van der Waals surface area (Å²) in [6.45, 7) is 12.1. The lowest BCUT2D eigenvalue weighted by Gasteiger charge is -2.65. The van der Waals surface area contributed by atoms with Crippen molar-refractivity contribution >= 4 is 38.8 Å². The molecule has 6 rings (SSSR count). The van der Waals surface area contributed by atoms with Gasteiger partial charge in [-0.1, -0.05) is 36.7 Å². The summed E-state index contributed by atoms with van der Waals surface area (Å²) >= 11 is 5.19. The molecule has 1 saturated heterocycles. The van der Waals surface area contributed by atoms with Gasteiger partial charge in [0.2, 0.25) is 0 Å². The molecule has 4 fully saturated rings. The summed E-state index contributed by atoms with van der Waals surface area (Å²) in [7, 11) is 0. The number of hydrogen-bond donors (Lipinski definition) is 2. The van der Waals surface area contributed by atoms with Gasteiger partial charge in [-0.3, -0.25) is 4.79 Å². The van der Waals surface area contributed by atoms with E-state index in [9.17, 15) is 15.0 Å².